The van der Waals surface area contributed by atoms with Crippen molar-refractivity contribution in [1.29, 1.82) is 0 Å². The molecular weight excluding hydrogens is 240 g/mol. The summed E-state index contributed by atoms with van der Waals surface area (Å²) in [6.07, 6.45) is 1.20. The van der Waals surface area contributed by atoms with Gasteiger partial charge in [0.15, 0.2) is 0 Å². The highest BCUT2D eigenvalue weighted by molar-refractivity contribution is 7.10. The minimum atomic E-state index is 0.627. The highest BCUT2D eigenvalue weighted by atomic mass is 32.1. The molecule has 1 aliphatic rings. The van der Waals surface area contributed by atoms with Crippen LogP contribution < -0.4 is 5.73 Å². The summed E-state index contributed by atoms with van der Waals surface area (Å²) in [7, 11) is 0. The maximum absolute atomic E-state index is 5.69. The summed E-state index contributed by atoms with van der Waals surface area (Å²) in [5.41, 5.74) is 9.80. The molecule has 0 radical (unpaired) electrons. The Balaban J connectivity index is 1.70. The van der Waals surface area contributed by atoms with Crippen LogP contribution in [0.5, 0.6) is 0 Å². The van der Waals surface area contributed by atoms with Crippen molar-refractivity contribution in [3.05, 3.63) is 57.3 Å². The van der Waals surface area contributed by atoms with E-state index in [1.165, 1.54) is 29.7 Å². The number of benzene rings is 1. The normalized spacial score (nSPS) is 15.6. The molecule has 0 fully saturated rings. The first-order chi connectivity index (χ1) is 8.85. The van der Waals surface area contributed by atoms with Crippen LogP contribution in [0.4, 0.5) is 0 Å². The summed E-state index contributed by atoms with van der Waals surface area (Å²) in [5.74, 6) is 0. The molecule has 0 amide bonds. The van der Waals surface area contributed by atoms with Crippen molar-refractivity contribution in [2.24, 2.45) is 5.73 Å². The number of hydrogen-bond acceptors (Lipinski definition) is 3. The zero-order valence-electron chi connectivity index (χ0n) is 10.4. The predicted molar refractivity (Wildman–Crippen MR) is 76.5 cm³/mol. The third kappa shape index (κ3) is 2.48. The Morgan fingerprint density at radius 1 is 1.22 bits per heavy atom. The lowest BCUT2D eigenvalue weighted by atomic mass is 10.1. The third-order valence-corrected chi connectivity index (χ3v) is 4.54. The van der Waals surface area contributed by atoms with Gasteiger partial charge in [0.1, 0.15) is 0 Å². The van der Waals surface area contributed by atoms with E-state index in [1.807, 2.05) is 11.3 Å². The second-order valence-corrected chi connectivity index (χ2v) is 5.85. The van der Waals surface area contributed by atoms with Crippen molar-refractivity contribution in [3.63, 3.8) is 0 Å². The van der Waals surface area contributed by atoms with Crippen molar-refractivity contribution in [2.45, 2.75) is 26.1 Å². The molecule has 3 rings (SSSR count). The number of rotatable bonds is 3. The van der Waals surface area contributed by atoms with E-state index in [1.54, 1.807) is 4.88 Å². The molecule has 2 N–H and O–H groups in total. The first-order valence-electron chi connectivity index (χ1n) is 6.40. The van der Waals surface area contributed by atoms with Gasteiger partial charge in [0.05, 0.1) is 0 Å². The van der Waals surface area contributed by atoms with Crippen molar-refractivity contribution < 1.29 is 0 Å². The Bertz CT molecular complexity index is 533. The van der Waals surface area contributed by atoms with Crippen LogP contribution in [0.2, 0.25) is 0 Å². The Labute approximate surface area is 112 Å². The van der Waals surface area contributed by atoms with Gasteiger partial charge in [0, 0.05) is 31.1 Å². The highest BCUT2D eigenvalue weighted by Crippen LogP contribution is 2.25. The lowest BCUT2D eigenvalue weighted by Gasteiger charge is -2.26. The lowest BCUT2D eigenvalue weighted by molar-refractivity contribution is 0.247. The van der Waals surface area contributed by atoms with E-state index >= 15 is 0 Å². The maximum Gasteiger partial charge on any atom is 0.0248 e. The lowest BCUT2D eigenvalue weighted by Crippen LogP contribution is -2.29. The summed E-state index contributed by atoms with van der Waals surface area (Å²) in [4.78, 5) is 4.09. The van der Waals surface area contributed by atoms with Gasteiger partial charge in [-0.3, -0.25) is 4.90 Å². The summed E-state index contributed by atoms with van der Waals surface area (Å²) < 4.78 is 0. The zero-order valence-corrected chi connectivity index (χ0v) is 11.2. The molecule has 0 saturated carbocycles. The fourth-order valence-corrected chi connectivity index (χ4v) is 3.44. The molecule has 0 unspecified atom stereocenters. The summed E-state index contributed by atoms with van der Waals surface area (Å²) >= 11 is 1.90. The van der Waals surface area contributed by atoms with Gasteiger partial charge in [0.2, 0.25) is 0 Å². The van der Waals surface area contributed by atoms with E-state index in [-0.39, 0.29) is 0 Å². The van der Waals surface area contributed by atoms with Gasteiger partial charge in [-0.05, 0) is 34.6 Å². The molecule has 18 heavy (non-hydrogen) atoms. The fraction of sp³-hybridized carbons (Fsp3) is 0.333. The van der Waals surface area contributed by atoms with Crippen LogP contribution >= 0.6 is 11.3 Å². The molecular formula is C15H18N2S. The van der Waals surface area contributed by atoms with Gasteiger partial charge >= 0.3 is 0 Å². The van der Waals surface area contributed by atoms with Crippen LogP contribution in [0.15, 0.2) is 35.7 Å². The van der Waals surface area contributed by atoms with Gasteiger partial charge in [0.25, 0.3) is 0 Å². The van der Waals surface area contributed by atoms with Crippen molar-refractivity contribution >= 4 is 11.3 Å². The van der Waals surface area contributed by atoms with Crippen LogP contribution in [0.1, 0.15) is 21.6 Å². The average Bonchev–Trinajstić information content (AvgIpc) is 2.86. The van der Waals surface area contributed by atoms with E-state index in [2.05, 4.69) is 40.6 Å². The SMILES string of the molecule is NCc1cccc(CN2CCc3sccc3C2)c1. The highest BCUT2D eigenvalue weighted by Gasteiger charge is 2.16. The molecule has 0 bridgehead atoms. The minimum Gasteiger partial charge on any atom is -0.326 e. The molecule has 3 heteroatoms. The summed E-state index contributed by atoms with van der Waals surface area (Å²) in [6.45, 7) is 3.91. The largest absolute Gasteiger partial charge is 0.326 e. The third-order valence-electron chi connectivity index (χ3n) is 3.52. The van der Waals surface area contributed by atoms with Gasteiger partial charge in [-0.2, -0.15) is 0 Å². The molecule has 1 aromatic carbocycles. The van der Waals surface area contributed by atoms with Crippen LogP contribution in [0, 0.1) is 0 Å². The number of thiophene rings is 1. The molecule has 0 aliphatic carbocycles. The quantitative estimate of drug-likeness (QED) is 0.917. The molecule has 0 spiro atoms. The molecule has 0 atom stereocenters. The van der Waals surface area contributed by atoms with Crippen LogP contribution in [-0.2, 0) is 26.1 Å². The van der Waals surface area contributed by atoms with Gasteiger partial charge in [-0.15, -0.1) is 11.3 Å². The molecule has 94 valence electrons. The average molecular weight is 258 g/mol. The second kappa shape index (κ2) is 5.22. The number of hydrogen-bond donors (Lipinski definition) is 1. The molecule has 2 heterocycles. The van der Waals surface area contributed by atoms with E-state index in [4.69, 9.17) is 5.73 Å². The Morgan fingerprint density at radius 2 is 2.11 bits per heavy atom. The molecule has 1 aromatic heterocycles. The van der Waals surface area contributed by atoms with Crippen molar-refractivity contribution in [1.82, 2.24) is 4.90 Å². The Kier molecular flexibility index (Phi) is 3.46. The van der Waals surface area contributed by atoms with Crippen LogP contribution in [-0.4, -0.2) is 11.4 Å². The fourth-order valence-electron chi connectivity index (χ4n) is 2.56. The molecule has 0 saturated heterocycles. The standard InChI is InChI=1S/C15H18N2S/c16-9-12-2-1-3-13(8-12)10-17-6-4-15-14(11-17)5-7-18-15/h1-3,5,7-8H,4,6,9-11,16H2. The van der Waals surface area contributed by atoms with E-state index in [0.717, 1.165) is 13.1 Å². The molecule has 2 aromatic rings. The Morgan fingerprint density at radius 3 is 3.00 bits per heavy atom. The maximum atomic E-state index is 5.69. The number of nitrogens with two attached hydrogens (primary N) is 1. The van der Waals surface area contributed by atoms with Crippen LogP contribution in [0.25, 0.3) is 0 Å². The number of fused-ring (bicyclic) bond motifs is 1. The smallest absolute Gasteiger partial charge is 0.0248 e. The molecule has 2 nitrogen and oxygen atoms in total. The van der Waals surface area contributed by atoms with Crippen molar-refractivity contribution in [2.75, 3.05) is 6.54 Å². The summed E-state index contributed by atoms with van der Waals surface area (Å²) in [6, 6.07) is 10.9. The van der Waals surface area contributed by atoms with Gasteiger partial charge in [-0.1, -0.05) is 24.3 Å². The van der Waals surface area contributed by atoms with E-state index in [9.17, 15) is 0 Å². The van der Waals surface area contributed by atoms with Crippen LogP contribution in [0.3, 0.4) is 0 Å². The van der Waals surface area contributed by atoms with Crippen molar-refractivity contribution in [3.8, 4) is 0 Å². The van der Waals surface area contributed by atoms with Gasteiger partial charge < -0.3 is 5.73 Å². The molecule has 1 aliphatic heterocycles. The zero-order chi connectivity index (χ0) is 12.4. The first kappa shape index (κ1) is 11.9. The van der Waals surface area contributed by atoms with E-state index < -0.39 is 0 Å². The Hall–Kier alpha value is -1.16. The minimum absolute atomic E-state index is 0.627. The predicted octanol–water partition coefficient (Wildman–Crippen LogP) is 2.77. The first-order valence-corrected chi connectivity index (χ1v) is 7.28. The van der Waals surface area contributed by atoms with Gasteiger partial charge in [-0.25, -0.2) is 0 Å². The summed E-state index contributed by atoms with van der Waals surface area (Å²) in [5, 5.41) is 2.21. The monoisotopic (exact) mass is 258 g/mol. The van der Waals surface area contributed by atoms with E-state index in [0.29, 0.717) is 6.54 Å². The topological polar surface area (TPSA) is 29.3 Å². The number of nitrogens with zero attached hydrogens (tertiary/aromatic N) is 1. The second-order valence-electron chi connectivity index (χ2n) is 4.85.